The maximum atomic E-state index is 11.9. The fraction of sp³-hybridized carbons (Fsp3) is 0.263. The van der Waals surface area contributed by atoms with Gasteiger partial charge in [0.25, 0.3) is 5.56 Å². The maximum Gasteiger partial charge on any atom is 0.267 e. The fourth-order valence-corrected chi connectivity index (χ4v) is 3.91. The van der Waals surface area contributed by atoms with Gasteiger partial charge in [0, 0.05) is 30.0 Å². The number of benzene rings is 1. The van der Waals surface area contributed by atoms with Crippen molar-refractivity contribution >= 4 is 32.9 Å². The summed E-state index contributed by atoms with van der Waals surface area (Å²) in [4.78, 5) is 26.2. The van der Waals surface area contributed by atoms with Crippen molar-refractivity contribution in [2.24, 2.45) is 0 Å². The molecule has 1 amide bonds. The highest BCUT2D eigenvalue weighted by Crippen LogP contribution is 2.25. The third-order valence-corrected chi connectivity index (χ3v) is 5.40. The van der Waals surface area contributed by atoms with E-state index < -0.39 is 15.4 Å². The number of aromatic amines is 1. The Labute approximate surface area is 162 Å². The molecule has 0 unspecified atom stereocenters. The van der Waals surface area contributed by atoms with Crippen LogP contribution in [0.1, 0.15) is 29.7 Å². The second kappa shape index (κ2) is 7.70. The van der Waals surface area contributed by atoms with Crippen molar-refractivity contribution in [1.82, 2.24) is 10.3 Å². The number of sulfone groups is 1. The van der Waals surface area contributed by atoms with Crippen molar-refractivity contribution in [2.45, 2.75) is 24.6 Å². The molecule has 27 heavy (non-hydrogen) atoms. The van der Waals surface area contributed by atoms with E-state index in [-0.39, 0.29) is 22.7 Å². The first-order chi connectivity index (χ1) is 12.7. The van der Waals surface area contributed by atoms with E-state index in [9.17, 15) is 18.0 Å². The minimum Gasteiger partial charge on any atom is -0.350 e. The lowest BCUT2D eigenvalue weighted by atomic mass is 9.98. The average Bonchev–Trinajstić information content (AvgIpc) is 3.00. The fourth-order valence-electron chi connectivity index (χ4n) is 3.00. The molecule has 1 saturated heterocycles. The zero-order valence-corrected chi connectivity index (χ0v) is 16.2. The van der Waals surface area contributed by atoms with Crippen LogP contribution in [0.25, 0.3) is 5.57 Å². The SMILES string of the molecule is CS(=O)(=O)Cc1ccc(/C(=C\[C@H]2CCC(=O)N2)c2ccc(Cl)c(=O)[nH]2)cc1. The molecule has 2 aromatic rings. The number of hydrogen-bond donors (Lipinski definition) is 2. The van der Waals surface area contributed by atoms with Crippen molar-refractivity contribution in [3.63, 3.8) is 0 Å². The number of nitrogens with one attached hydrogen (secondary N) is 2. The Kier molecular flexibility index (Phi) is 5.53. The van der Waals surface area contributed by atoms with Crippen LogP contribution in [0.2, 0.25) is 5.02 Å². The van der Waals surface area contributed by atoms with Crippen LogP contribution < -0.4 is 10.9 Å². The van der Waals surface area contributed by atoms with Crippen LogP contribution >= 0.6 is 11.6 Å². The molecule has 0 bridgehead atoms. The summed E-state index contributed by atoms with van der Waals surface area (Å²) in [6, 6.07) is 10.2. The molecule has 1 aromatic carbocycles. The molecule has 1 aliphatic rings. The number of H-pyrrole nitrogens is 1. The van der Waals surface area contributed by atoms with Crippen LogP contribution in [0.4, 0.5) is 0 Å². The van der Waals surface area contributed by atoms with Gasteiger partial charge in [-0.2, -0.15) is 0 Å². The van der Waals surface area contributed by atoms with Gasteiger partial charge in [-0.1, -0.05) is 41.9 Å². The summed E-state index contributed by atoms with van der Waals surface area (Å²) < 4.78 is 22.9. The number of amides is 1. The first-order valence-electron chi connectivity index (χ1n) is 8.39. The molecule has 3 rings (SSSR count). The summed E-state index contributed by atoms with van der Waals surface area (Å²) >= 11 is 5.83. The topological polar surface area (TPSA) is 96.1 Å². The van der Waals surface area contributed by atoms with E-state index in [1.807, 2.05) is 6.08 Å². The molecule has 0 radical (unpaired) electrons. The number of halogens is 1. The minimum atomic E-state index is -3.12. The summed E-state index contributed by atoms with van der Waals surface area (Å²) in [5.41, 5.74) is 2.39. The zero-order valence-electron chi connectivity index (χ0n) is 14.7. The van der Waals surface area contributed by atoms with Crippen molar-refractivity contribution in [2.75, 3.05) is 6.26 Å². The highest BCUT2D eigenvalue weighted by atomic mass is 35.5. The summed E-state index contributed by atoms with van der Waals surface area (Å²) in [7, 11) is -3.12. The average molecular weight is 407 g/mol. The van der Waals surface area contributed by atoms with Crippen LogP contribution in [0.3, 0.4) is 0 Å². The first kappa shape index (κ1) is 19.4. The minimum absolute atomic E-state index is 0.0105. The zero-order chi connectivity index (χ0) is 19.6. The van der Waals surface area contributed by atoms with Crippen LogP contribution in [-0.2, 0) is 20.4 Å². The Bertz CT molecular complexity index is 1060. The molecule has 8 heteroatoms. The summed E-state index contributed by atoms with van der Waals surface area (Å²) in [5.74, 6) is -0.0494. The quantitative estimate of drug-likeness (QED) is 0.796. The van der Waals surface area contributed by atoms with Gasteiger partial charge in [0.05, 0.1) is 5.75 Å². The van der Waals surface area contributed by atoms with Crippen LogP contribution in [0.5, 0.6) is 0 Å². The van der Waals surface area contributed by atoms with Crippen molar-refractivity contribution in [1.29, 1.82) is 0 Å². The smallest absolute Gasteiger partial charge is 0.267 e. The Morgan fingerprint density at radius 1 is 1.19 bits per heavy atom. The molecule has 1 atom stereocenters. The number of hydrogen-bond acceptors (Lipinski definition) is 4. The van der Waals surface area contributed by atoms with Gasteiger partial charge in [-0.15, -0.1) is 0 Å². The first-order valence-corrected chi connectivity index (χ1v) is 10.8. The predicted molar refractivity (Wildman–Crippen MR) is 105 cm³/mol. The molecule has 1 aliphatic heterocycles. The van der Waals surface area contributed by atoms with E-state index in [0.29, 0.717) is 24.1 Å². The number of rotatable bonds is 5. The van der Waals surface area contributed by atoms with Crippen molar-refractivity contribution in [3.05, 3.63) is 74.7 Å². The van der Waals surface area contributed by atoms with Gasteiger partial charge in [-0.05, 0) is 29.7 Å². The van der Waals surface area contributed by atoms with Crippen molar-refractivity contribution in [3.8, 4) is 0 Å². The number of aromatic nitrogens is 1. The third-order valence-electron chi connectivity index (χ3n) is 4.24. The van der Waals surface area contributed by atoms with Gasteiger partial charge in [0.15, 0.2) is 9.84 Å². The van der Waals surface area contributed by atoms with Crippen LogP contribution in [0, 0.1) is 0 Å². The Morgan fingerprint density at radius 2 is 1.89 bits per heavy atom. The normalized spacial score (nSPS) is 17.8. The molecule has 2 heterocycles. The van der Waals surface area contributed by atoms with Gasteiger partial charge in [-0.3, -0.25) is 9.59 Å². The second-order valence-electron chi connectivity index (χ2n) is 6.61. The number of carbonyl (C=O) groups is 1. The highest BCUT2D eigenvalue weighted by Gasteiger charge is 2.20. The van der Waals surface area contributed by atoms with Gasteiger partial charge < -0.3 is 10.3 Å². The Morgan fingerprint density at radius 3 is 2.44 bits per heavy atom. The van der Waals surface area contributed by atoms with Gasteiger partial charge in [-0.25, -0.2) is 8.42 Å². The van der Waals surface area contributed by atoms with E-state index in [1.165, 1.54) is 12.3 Å². The van der Waals surface area contributed by atoms with Crippen LogP contribution in [-0.4, -0.2) is 31.6 Å². The number of carbonyl (C=O) groups excluding carboxylic acids is 1. The highest BCUT2D eigenvalue weighted by molar-refractivity contribution is 7.89. The molecular weight excluding hydrogens is 388 g/mol. The van der Waals surface area contributed by atoms with E-state index in [4.69, 9.17) is 11.6 Å². The van der Waals surface area contributed by atoms with E-state index in [2.05, 4.69) is 10.3 Å². The monoisotopic (exact) mass is 406 g/mol. The van der Waals surface area contributed by atoms with E-state index in [0.717, 1.165) is 11.1 Å². The Balaban J connectivity index is 2.01. The molecule has 142 valence electrons. The van der Waals surface area contributed by atoms with E-state index >= 15 is 0 Å². The third kappa shape index (κ3) is 5.08. The van der Waals surface area contributed by atoms with Crippen molar-refractivity contribution < 1.29 is 13.2 Å². The van der Waals surface area contributed by atoms with Gasteiger partial charge >= 0.3 is 0 Å². The molecule has 0 aliphatic carbocycles. The Hall–Kier alpha value is -2.38. The standard InChI is InChI=1S/C19H19ClN2O4S/c1-27(25,26)11-12-2-4-13(5-3-12)15(10-14-6-9-18(23)21-14)17-8-7-16(20)19(24)22-17/h2-5,7-8,10,14H,6,9,11H2,1H3,(H,21,23)(H,22,24)/b15-10+/t14-/m1/s1. The molecule has 1 aromatic heterocycles. The lowest BCUT2D eigenvalue weighted by molar-refractivity contribution is -0.119. The lowest BCUT2D eigenvalue weighted by Crippen LogP contribution is -2.23. The summed E-state index contributed by atoms with van der Waals surface area (Å²) in [5, 5.41) is 2.97. The van der Waals surface area contributed by atoms with Gasteiger partial charge in [0.2, 0.25) is 5.91 Å². The second-order valence-corrected chi connectivity index (χ2v) is 9.16. The predicted octanol–water partition coefficient (Wildman–Crippen LogP) is 2.28. The molecule has 2 N–H and O–H groups in total. The van der Waals surface area contributed by atoms with Crippen LogP contribution in [0.15, 0.2) is 47.3 Å². The lowest BCUT2D eigenvalue weighted by Gasteiger charge is -2.13. The van der Waals surface area contributed by atoms with Gasteiger partial charge in [0.1, 0.15) is 5.02 Å². The summed E-state index contributed by atoms with van der Waals surface area (Å²) in [6.45, 7) is 0. The number of pyridine rings is 1. The maximum absolute atomic E-state index is 11.9. The molecule has 1 fully saturated rings. The molecule has 0 saturated carbocycles. The van der Waals surface area contributed by atoms with E-state index in [1.54, 1.807) is 30.3 Å². The molecule has 6 nitrogen and oxygen atoms in total. The molecule has 0 spiro atoms. The summed E-state index contributed by atoms with van der Waals surface area (Å²) in [6.07, 6.45) is 4.22. The molecular formula is C19H19ClN2O4S. The largest absolute Gasteiger partial charge is 0.350 e.